The van der Waals surface area contributed by atoms with Crippen LogP contribution >= 0.6 is 21.6 Å². The zero-order chi connectivity index (χ0) is 62.9. The molecule has 12 rings (SSSR count). The van der Waals surface area contributed by atoms with E-state index in [1.165, 1.54) is 27.2 Å². The number of rotatable bonds is 9. The van der Waals surface area contributed by atoms with Crippen molar-refractivity contribution >= 4 is 45.1 Å². The number of esters is 1. The summed E-state index contributed by atoms with van der Waals surface area (Å²) in [4.78, 5) is 53.6. The number of hydrogen-bond acceptors (Lipinski definition) is 17. The third-order valence-electron chi connectivity index (χ3n) is 24.8. The Morgan fingerprint density at radius 1 is 0.910 bits per heavy atom. The number of fused-ring (bicyclic) bond motifs is 10. The minimum atomic E-state index is -2.11. The number of nitrogens with two attached hydrogens (primary N) is 2. The lowest BCUT2D eigenvalue weighted by atomic mass is 9.39. The van der Waals surface area contributed by atoms with Gasteiger partial charge in [0.25, 0.3) is 0 Å². The molecule has 2 aliphatic heterocycles. The average molecular weight is 1270 g/mol. The molecule has 0 amide bonds. The van der Waals surface area contributed by atoms with Crippen LogP contribution in [-0.2, 0) is 19.1 Å². The smallest absolute Gasteiger partial charge is 0.313 e. The van der Waals surface area contributed by atoms with Crippen LogP contribution in [0, 0.1) is 99.6 Å². The quantitative estimate of drug-likeness (QED) is 0.0257. The highest BCUT2D eigenvalue weighted by molar-refractivity contribution is 8.76. The van der Waals surface area contributed by atoms with Crippen LogP contribution < -0.4 is 16.8 Å². The monoisotopic (exact) mass is 1270 g/mol. The van der Waals surface area contributed by atoms with E-state index in [9.17, 15) is 45.6 Å². The Bertz CT molecular complexity index is 3080. The Morgan fingerprint density at radius 3 is 2.39 bits per heavy atom. The van der Waals surface area contributed by atoms with E-state index in [4.69, 9.17) is 16.2 Å². The molecular weight excluding hydrogens is 1170 g/mol. The number of aromatic hydroxyl groups is 1. The first kappa shape index (κ1) is 64.7. The molecule has 486 valence electrons. The molecule has 2 bridgehead atoms. The maximum Gasteiger partial charge on any atom is 0.313 e. The van der Waals surface area contributed by atoms with Crippen LogP contribution in [0.1, 0.15) is 152 Å². The second-order valence-corrected chi connectivity index (χ2v) is 31.7. The van der Waals surface area contributed by atoms with Crippen molar-refractivity contribution < 1.29 is 65.1 Å². The first-order valence-electron chi connectivity index (χ1n) is 33.2. The number of H-pyrrole nitrogens is 1. The molecule has 18 nitrogen and oxygen atoms in total. The number of nitrogens with one attached hydrogen (secondary N) is 2. The molecule has 10 aliphatic rings. The molecule has 5 saturated carbocycles. The number of allylic oxidation sites excluding steroid dienone is 3. The number of Topliss-reactive ketones (excluding diaryl/α,β-unsaturated/α-hetero) is 2. The SMILES string of the molecule is C[C@H]1CCC2=CC[C@@H]3[C@@H](C[C@@H]([C@@H]4COC(=O)[C@@H]4c4cc[nH]c4)C#CC[C@H]4C[C@@]5(O)C6=C7N[C@H](CO)C(=O)C[C@@H](c8ccc(O)cc8)CSSC[C@@H]8[C@@H](O)[C@@H](O)C[C@@](C9CCCCC9)([C@@H]8C7=O)[C@H]6CC[C@]5(CCN=C(N)N)[C@H]4[C@@](C)(O)[C@H](O)C[C@H]3C(O)O)[C@H]2C1. The lowest BCUT2D eigenvalue weighted by Crippen LogP contribution is -2.69. The van der Waals surface area contributed by atoms with E-state index >= 15 is 14.7 Å². The molecule has 20 heteroatoms. The summed E-state index contributed by atoms with van der Waals surface area (Å²) >= 11 is 0. The van der Waals surface area contributed by atoms with Gasteiger partial charge >= 0.3 is 5.97 Å². The normalized spacial score (nSPS) is 43.0. The van der Waals surface area contributed by atoms with Crippen LogP contribution in [0.25, 0.3) is 0 Å². The van der Waals surface area contributed by atoms with Gasteiger partial charge in [0, 0.05) is 90.1 Å². The second kappa shape index (κ2) is 25.8. The minimum absolute atomic E-state index is 0.0166. The van der Waals surface area contributed by atoms with Gasteiger partial charge in [0.1, 0.15) is 11.8 Å². The summed E-state index contributed by atoms with van der Waals surface area (Å²) < 4.78 is 5.95. The molecular formula is C69H95N5O13S2. The van der Waals surface area contributed by atoms with E-state index in [1.54, 1.807) is 37.4 Å². The number of cyclic esters (lactones) is 1. The Balaban J connectivity index is 1.06. The zero-order valence-electron chi connectivity index (χ0n) is 51.5. The van der Waals surface area contributed by atoms with Gasteiger partial charge in [-0.25, -0.2) is 0 Å². The standard InChI is InChI=1S/C69H95N5O13S2/c1-36-11-12-38-15-18-45-47(46(38)25-36)26-39(49-33-87-64(84)56(49)41-20-23-72-31-41)7-6-8-40-29-69(86)58-51(19-21-67(69,22-24-73-65(70)71)62(40)66(2,85)55(79)28-48(45)63(82)83)68(43-9-4-3-5-10-43)30-54(78)60(80)50-35-89-88-34-42(37-13-16-44(76)17-14-37)27-53(77)52(32-75)74-59(58)61(81)57(50)68/h13-17,20,23,31,36,39-40,42-43,45-52,54-57,60,62-63,72,74-76,78-80,82-83,85-86H,3-5,8-12,18-19,21-22,24-30,32-35H2,1-2H3,(H4,70,71,73)/t36-,39-,40-,42+,45+,46-,47+,48+,49-,50-,51-,52+,54-,55+,56+,57-,60+,62+,66-,67-,68-,69+/m0/s1. The van der Waals surface area contributed by atoms with Crippen molar-refractivity contribution in [3.63, 3.8) is 0 Å². The minimum Gasteiger partial charge on any atom is -0.508 e. The van der Waals surface area contributed by atoms with Gasteiger partial charge in [-0.05, 0) is 172 Å². The summed E-state index contributed by atoms with van der Waals surface area (Å²) in [5, 5.41) is 116. The highest BCUT2D eigenvalue weighted by atomic mass is 33.1. The van der Waals surface area contributed by atoms with E-state index in [2.05, 4.69) is 40.1 Å². The van der Waals surface area contributed by atoms with Crippen molar-refractivity contribution in [1.29, 1.82) is 0 Å². The molecule has 89 heavy (non-hydrogen) atoms. The lowest BCUT2D eigenvalue weighted by Gasteiger charge is -2.66. The molecule has 15 N–H and O–H groups in total. The Morgan fingerprint density at radius 2 is 1.67 bits per heavy atom. The molecule has 0 unspecified atom stereocenters. The number of carbonyl (C=O) groups excluding carboxylic acids is 3. The van der Waals surface area contributed by atoms with Crippen LogP contribution in [0.15, 0.2) is 70.6 Å². The van der Waals surface area contributed by atoms with Crippen LogP contribution in [0.2, 0.25) is 0 Å². The van der Waals surface area contributed by atoms with Crippen molar-refractivity contribution in [3.05, 3.63) is 76.8 Å². The number of guanidine groups is 1. The average Bonchev–Trinajstić information content (AvgIpc) is 1.66. The molecule has 22 atom stereocenters. The highest BCUT2D eigenvalue weighted by Gasteiger charge is 2.76. The van der Waals surface area contributed by atoms with Crippen molar-refractivity contribution in [3.8, 4) is 17.6 Å². The summed E-state index contributed by atoms with van der Waals surface area (Å²) in [6, 6.07) is 7.21. The molecule has 3 heterocycles. The predicted octanol–water partition coefficient (Wildman–Crippen LogP) is 6.09. The van der Waals surface area contributed by atoms with Crippen LogP contribution in [0.5, 0.6) is 5.75 Å². The van der Waals surface area contributed by atoms with Crippen molar-refractivity contribution in [1.82, 2.24) is 10.3 Å². The number of aliphatic imine (C=N–C) groups is 1. The Hall–Kier alpha value is -4.40. The maximum atomic E-state index is 16.8. The number of ketones is 2. The number of hydrogen-bond donors (Lipinski definition) is 13. The molecule has 8 aliphatic carbocycles. The Kier molecular flexibility index (Phi) is 18.8. The highest BCUT2D eigenvalue weighted by Crippen LogP contribution is 2.75. The van der Waals surface area contributed by atoms with Gasteiger partial charge in [0.2, 0.25) is 0 Å². The number of aliphatic hydroxyl groups excluding tert-OH is 5. The van der Waals surface area contributed by atoms with Crippen molar-refractivity contribution in [2.24, 2.45) is 104 Å². The number of aromatic nitrogens is 1. The van der Waals surface area contributed by atoms with Gasteiger partial charge in [0.15, 0.2) is 23.8 Å². The molecule has 0 spiro atoms. The van der Waals surface area contributed by atoms with Crippen LogP contribution in [0.3, 0.4) is 0 Å². The molecule has 1 aromatic heterocycles. The summed E-state index contributed by atoms with van der Waals surface area (Å²) in [5.41, 5.74) is 8.82. The number of phenols is 1. The number of ether oxygens (including phenoxy) is 1. The summed E-state index contributed by atoms with van der Waals surface area (Å²) in [6.07, 6.45) is 8.25. The number of nitrogens with zero attached hydrogens (tertiary/aromatic N) is 1. The number of aromatic amines is 1. The van der Waals surface area contributed by atoms with Crippen molar-refractivity contribution in [2.45, 2.75) is 183 Å². The number of carbonyl (C=O) groups is 3. The third kappa shape index (κ3) is 11.4. The fourth-order valence-electron chi connectivity index (χ4n) is 20.9. The second-order valence-electron chi connectivity index (χ2n) is 29.2. The van der Waals surface area contributed by atoms with Crippen LogP contribution in [0.4, 0.5) is 0 Å². The topological polar surface area (TPSA) is 335 Å². The van der Waals surface area contributed by atoms with Gasteiger partial charge in [-0.1, -0.05) is 77.5 Å². The molecule has 2 aromatic rings. The summed E-state index contributed by atoms with van der Waals surface area (Å²) in [7, 11) is 3.01. The third-order valence-corrected chi connectivity index (χ3v) is 27.3. The predicted molar refractivity (Wildman–Crippen MR) is 339 cm³/mol. The molecule has 2 saturated heterocycles. The van der Waals surface area contributed by atoms with Gasteiger partial charge in [-0.3, -0.25) is 19.4 Å². The van der Waals surface area contributed by atoms with Crippen molar-refractivity contribution in [2.75, 3.05) is 31.3 Å². The fourth-order valence-corrected chi connectivity index (χ4v) is 23.7. The van der Waals surface area contributed by atoms with E-state index in [1.807, 2.05) is 12.3 Å². The first-order chi connectivity index (χ1) is 42.6. The van der Waals surface area contributed by atoms with Gasteiger partial charge in [0.05, 0.1) is 54.3 Å². The molecule has 0 radical (unpaired) electrons. The molecule has 1 aromatic carbocycles. The maximum absolute atomic E-state index is 16.8. The number of aliphatic hydroxyl groups is 8. The van der Waals surface area contributed by atoms with E-state index < -0.39 is 118 Å². The number of benzene rings is 1. The van der Waals surface area contributed by atoms with E-state index in [0.717, 1.165) is 62.5 Å². The van der Waals surface area contributed by atoms with Gasteiger partial charge < -0.3 is 72.5 Å². The zero-order valence-corrected chi connectivity index (χ0v) is 53.1. The fraction of sp³-hybridized carbons (Fsp3) is 0.710. The lowest BCUT2D eigenvalue weighted by molar-refractivity contribution is -0.208. The van der Waals surface area contributed by atoms with Crippen LogP contribution in [-0.4, -0.2) is 148 Å². The summed E-state index contributed by atoms with van der Waals surface area (Å²) in [5.74, 6) is -0.207. The van der Waals surface area contributed by atoms with Gasteiger partial charge in [-0.2, -0.15) is 0 Å². The van der Waals surface area contributed by atoms with E-state index in [0.29, 0.717) is 36.5 Å². The number of phenolic OH excluding ortho intramolecular Hbond substituents is 1. The summed E-state index contributed by atoms with van der Waals surface area (Å²) in [6.45, 7) is 3.21. The Labute approximate surface area is 530 Å². The molecule has 7 fully saturated rings. The first-order valence-corrected chi connectivity index (χ1v) is 35.7. The van der Waals surface area contributed by atoms with E-state index in [-0.39, 0.29) is 123 Å². The largest absolute Gasteiger partial charge is 0.508 e. The van der Waals surface area contributed by atoms with Gasteiger partial charge in [-0.15, -0.1) is 5.92 Å².